The van der Waals surface area contributed by atoms with Crippen LogP contribution >= 0.6 is 0 Å². The Morgan fingerprint density at radius 2 is 2.21 bits per heavy atom. The van der Waals surface area contributed by atoms with Crippen LogP contribution < -0.4 is 0 Å². The molecule has 2 rings (SSSR count). The molecule has 1 atom stereocenters. The van der Waals surface area contributed by atoms with Gasteiger partial charge in [0.2, 0.25) is 0 Å². The number of rotatable bonds is 1. The minimum atomic E-state index is 0.609. The summed E-state index contributed by atoms with van der Waals surface area (Å²) in [4.78, 5) is 4.49. The maximum absolute atomic E-state index is 5.44. The Bertz CT molecular complexity index is 273. The first-order valence-corrected chi connectivity index (χ1v) is 5.36. The smallest absolute Gasteiger partial charge is 0.0472 e. The van der Waals surface area contributed by atoms with E-state index in [2.05, 4.69) is 24.0 Å². The summed E-state index contributed by atoms with van der Waals surface area (Å²) in [6, 6.07) is 4.30. The second-order valence-corrected chi connectivity index (χ2v) is 4.00. The van der Waals surface area contributed by atoms with Crippen molar-refractivity contribution in [1.29, 1.82) is 0 Å². The topological polar surface area (TPSA) is 22.1 Å². The summed E-state index contributed by atoms with van der Waals surface area (Å²) in [5.74, 6) is 0.609. The van der Waals surface area contributed by atoms with Crippen LogP contribution in [0.25, 0.3) is 0 Å². The van der Waals surface area contributed by atoms with Crippen molar-refractivity contribution in [2.75, 3.05) is 13.2 Å². The standard InChI is InChI=1S/C12H17NO/c1-10-4-5-12(13-9-10)11-3-2-7-14-8-6-11/h4-5,9,11H,2-3,6-8H2,1H3. The molecule has 0 aromatic carbocycles. The largest absolute Gasteiger partial charge is 0.381 e. The normalized spacial score (nSPS) is 23.1. The Kier molecular flexibility index (Phi) is 3.14. The number of aryl methyl sites for hydroxylation is 1. The predicted molar refractivity (Wildman–Crippen MR) is 56.4 cm³/mol. The quantitative estimate of drug-likeness (QED) is 0.681. The van der Waals surface area contributed by atoms with Crippen molar-refractivity contribution in [3.63, 3.8) is 0 Å². The van der Waals surface area contributed by atoms with Gasteiger partial charge >= 0.3 is 0 Å². The Morgan fingerprint density at radius 3 is 3.00 bits per heavy atom. The predicted octanol–water partition coefficient (Wildman–Crippen LogP) is 2.67. The molecule has 1 saturated heterocycles. The van der Waals surface area contributed by atoms with Crippen molar-refractivity contribution in [2.45, 2.75) is 32.1 Å². The van der Waals surface area contributed by atoms with Crippen LogP contribution in [0, 0.1) is 6.92 Å². The average molecular weight is 191 g/mol. The third kappa shape index (κ3) is 2.32. The zero-order chi connectivity index (χ0) is 9.80. The molecule has 1 fully saturated rings. The third-order valence-electron chi connectivity index (χ3n) is 2.80. The summed E-state index contributed by atoms with van der Waals surface area (Å²) in [6.45, 7) is 3.88. The first kappa shape index (κ1) is 9.66. The lowest BCUT2D eigenvalue weighted by Gasteiger charge is -2.12. The second kappa shape index (κ2) is 4.56. The minimum Gasteiger partial charge on any atom is -0.381 e. The highest BCUT2D eigenvalue weighted by Gasteiger charge is 2.15. The fourth-order valence-corrected chi connectivity index (χ4v) is 1.92. The van der Waals surface area contributed by atoms with E-state index in [1.807, 2.05) is 6.20 Å². The van der Waals surface area contributed by atoms with E-state index in [1.165, 1.54) is 24.1 Å². The van der Waals surface area contributed by atoms with Gasteiger partial charge < -0.3 is 4.74 Å². The molecular weight excluding hydrogens is 174 g/mol. The van der Waals surface area contributed by atoms with Crippen LogP contribution in [0.1, 0.15) is 36.4 Å². The van der Waals surface area contributed by atoms with E-state index in [0.29, 0.717) is 5.92 Å². The maximum atomic E-state index is 5.44. The molecule has 14 heavy (non-hydrogen) atoms. The summed E-state index contributed by atoms with van der Waals surface area (Å²) in [5, 5.41) is 0. The molecular formula is C12H17NO. The molecule has 2 heteroatoms. The van der Waals surface area contributed by atoms with E-state index < -0.39 is 0 Å². The first-order valence-electron chi connectivity index (χ1n) is 5.36. The monoisotopic (exact) mass is 191 g/mol. The van der Waals surface area contributed by atoms with Crippen LogP contribution in [-0.4, -0.2) is 18.2 Å². The van der Waals surface area contributed by atoms with Crippen LogP contribution in [0.15, 0.2) is 18.3 Å². The average Bonchev–Trinajstić information content (AvgIpc) is 2.47. The molecule has 0 radical (unpaired) electrons. The highest BCUT2D eigenvalue weighted by molar-refractivity contribution is 5.15. The highest BCUT2D eigenvalue weighted by Crippen LogP contribution is 2.25. The van der Waals surface area contributed by atoms with E-state index in [9.17, 15) is 0 Å². The molecule has 2 heterocycles. The van der Waals surface area contributed by atoms with Gasteiger partial charge in [-0.1, -0.05) is 6.07 Å². The lowest BCUT2D eigenvalue weighted by atomic mass is 9.96. The Hall–Kier alpha value is -0.890. The van der Waals surface area contributed by atoms with Crippen molar-refractivity contribution in [1.82, 2.24) is 4.98 Å². The highest BCUT2D eigenvalue weighted by atomic mass is 16.5. The van der Waals surface area contributed by atoms with Crippen molar-refractivity contribution < 1.29 is 4.74 Å². The van der Waals surface area contributed by atoms with Gasteiger partial charge in [-0.25, -0.2) is 0 Å². The summed E-state index contributed by atoms with van der Waals surface area (Å²) < 4.78 is 5.44. The molecule has 1 aromatic heterocycles. The van der Waals surface area contributed by atoms with Gasteiger partial charge in [0.15, 0.2) is 0 Å². The van der Waals surface area contributed by atoms with Crippen molar-refractivity contribution in [3.05, 3.63) is 29.6 Å². The van der Waals surface area contributed by atoms with E-state index in [-0.39, 0.29) is 0 Å². The Labute approximate surface area is 85.3 Å². The number of pyridine rings is 1. The van der Waals surface area contributed by atoms with Crippen molar-refractivity contribution >= 4 is 0 Å². The van der Waals surface area contributed by atoms with Gasteiger partial charge in [0.25, 0.3) is 0 Å². The number of hydrogen-bond acceptors (Lipinski definition) is 2. The Balaban J connectivity index is 2.08. The maximum Gasteiger partial charge on any atom is 0.0472 e. The number of aromatic nitrogens is 1. The summed E-state index contributed by atoms with van der Waals surface area (Å²) in [5.41, 5.74) is 2.47. The van der Waals surface area contributed by atoms with Crippen LogP contribution in [0.2, 0.25) is 0 Å². The van der Waals surface area contributed by atoms with Gasteiger partial charge in [-0.05, 0) is 37.8 Å². The van der Waals surface area contributed by atoms with E-state index in [0.717, 1.165) is 19.6 Å². The van der Waals surface area contributed by atoms with Gasteiger partial charge in [0.1, 0.15) is 0 Å². The van der Waals surface area contributed by atoms with E-state index >= 15 is 0 Å². The zero-order valence-corrected chi connectivity index (χ0v) is 8.70. The van der Waals surface area contributed by atoms with Crippen LogP contribution in [0.5, 0.6) is 0 Å². The number of nitrogens with zero attached hydrogens (tertiary/aromatic N) is 1. The van der Waals surface area contributed by atoms with Crippen molar-refractivity contribution in [3.8, 4) is 0 Å². The first-order chi connectivity index (χ1) is 6.86. The fourth-order valence-electron chi connectivity index (χ4n) is 1.92. The molecule has 76 valence electrons. The molecule has 1 unspecified atom stereocenters. The molecule has 0 saturated carbocycles. The summed E-state index contributed by atoms with van der Waals surface area (Å²) in [7, 11) is 0. The molecule has 1 aliphatic heterocycles. The van der Waals surface area contributed by atoms with Gasteiger partial charge in [0.05, 0.1) is 0 Å². The van der Waals surface area contributed by atoms with Gasteiger partial charge in [-0.3, -0.25) is 4.98 Å². The third-order valence-corrected chi connectivity index (χ3v) is 2.80. The molecule has 0 bridgehead atoms. The van der Waals surface area contributed by atoms with Gasteiger partial charge in [0, 0.05) is 31.0 Å². The minimum absolute atomic E-state index is 0.609. The fraction of sp³-hybridized carbons (Fsp3) is 0.583. The Morgan fingerprint density at radius 1 is 1.29 bits per heavy atom. The number of ether oxygens (including phenoxy) is 1. The van der Waals surface area contributed by atoms with E-state index in [1.54, 1.807) is 0 Å². The van der Waals surface area contributed by atoms with Crippen LogP contribution in [0.3, 0.4) is 0 Å². The lowest BCUT2D eigenvalue weighted by Crippen LogP contribution is -2.01. The molecule has 0 N–H and O–H groups in total. The van der Waals surface area contributed by atoms with Crippen LogP contribution in [-0.2, 0) is 4.74 Å². The molecule has 0 aliphatic carbocycles. The lowest BCUT2D eigenvalue weighted by molar-refractivity contribution is 0.143. The summed E-state index contributed by atoms with van der Waals surface area (Å²) in [6.07, 6.45) is 5.47. The second-order valence-electron chi connectivity index (χ2n) is 4.00. The molecule has 0 amide bonds. The molecule has 1 aromatic rings. The SMILES string of the molecule is Cc1ccc(C2CCCOCC2)nc1. The van der Waals surface area contributed by atoms with Crippen molar-refractivity contribution in [2.24, 2.45) is 0 Å². The van der Waals surface area contributed by atoms with Gasteiger partial charge in [-0.15, -0.1) is 0 Å². The van der Waals surface area contributed by atoms with Gasteiger partial charge in [-0.2, -0.15) is 0 Å². The molecule has 0 spiro atoms. The molecule has 2 nitrogen and oxygen atoms in total. The summed E-state index contributed by atoms with van der Waals surface area (Å²) >= 11 is 0. The zero-order valence-electron chi connectivity index (χ0n) is 8.70. The molecule has 1 aliphatic rings. The van der Waals surface area contributed by atoms with E-state index in [4.69, 9.17) is 4.74 Å². The van der Waals surface area contributed by atoms with Crippen LogP contribution in [0.4, 0.5) is 0 Å². The number of hydrogen-bond donors (Lipinski definition) is 0.